The van der Waals surface area contributed by atoms with Gasteiger partial charge in [-0.2, -0.15) is 0 Å². The number of hydrogen-bond acceptors (Lipinski definition) is 4. The van der Waals surface area contributed by atoms with E-state index >= 15 is 0 Å². The van der Waals surface area contributed by atoms with E-state index in [1.54, 1.807) is 30.5 Å². The Morgan fingerprint density at radius 3 is 2.50 bits per heavy atom. The molecule has 0 saturated carbocycles. The molecule has 0 spiro atoms. The molecule has 0 aliphatic heterocycles. The van der Waals surface area contributed by atoms with Crippen LogP contribution in [0.2, 0.25) is 0 Å². The van der Waals surface area contributed by atoms with Gasteiger partial charge < -0.3 is 14.9 Å². The largest absolute Gasteiger partial charge is 0.487 e. The SMILES string of the molecule is NC(=O)c1ccc(OCc2coc(-c3ccccc3)n2)cc1. The molecule has 0 atom stereocenters. The molecule has 1 amide bonds. The lowest BCUT2D eigenvalue weighted by Gasteiger charge is -2.04. The van der Waals surface area contributed by atoms with Gasteiger partial charge in [-0.1, -0.05) is 18.2 Å². The van der Waals surface area contributed by atoms with Crippen molar-refractivity contribution >= 4 is 5.91 Å². The van der Waals surface area contributed by atoms with Crippen LogP contribution in [0.5, 0.6) is 5.75 Å². The average molecular weight is 294 g/mol. The van der Waals surface area contributed by atoms with E-state index in [2.05, 4.69) is 4.98 Å². The number of amides is 1. The number of rotatable bonds is 5. The van der Waals surface area contributed by atoms with Crippen molar-refractivity contribution < 1.29 is 13.9 Å². The van der Waals surface area contributed by atoms with Gasteiger partial charge in [0, 0.05) is 11.1 Å². The maximum absolute atomic E-state index is 11.0. The summed E-state index contributed by atoms with van der Waals surface area (Å²) in [5.41, 5.74) is 7.24. The van der Waals surface area contributed by atoms with E-state index in [1.165, 1.54) is 0 Å². The molecular formula is C17H14N2O3. The Bertz CT molecular complexity index is 764. The van der Waals surface area contributed by atoms with Gasteiger partial charge in [-0.15, -0.1) is 0 Å². The molecule has 0 aliphatic carbocycles. The predicted octanol–water partition coefficient (Wildman–Crippen LogP) is 3.02. The summed E-state index contributed by atoms with van der Waals surface area (Å²) < 4.78 is 11.0. The van der Waals surface area contributed by atoms with E-state index in [4.69, 9.17) is 14.9 Å². The minimum Gasteiger partial charge on any atom is -0.487 e. The minimum absolute atomic E-state index is 0.284. The van der Waals surface area contributed by atoms with Crippen LogP contribution in [-0.2, 0) is 6.61 Å². The summed E-state index contributed by atoms with van der Waals surface area (Å²) in [7, 11) is 0. The number of carbonyl (C=O) groups excluding carboxylic acids is 1. The molecule has 2 N–H and O–H groups in total. The van der Waals surface area contributed by atoms with Gasteiger partial charge in [-0.3, -0.25) is 4.79 Å². The molecule has 1 heterocycles. The summed E-state index contributed by atoms with van der Waals surface area (Å²) >= 11 is 0. The molecule has 5 heteroatoms. The second-order valence-electron chi connectivity index (χ2n) is 4.69. The van der Waals surface area contributed by atoms with E-state index in [9.17, 15) is 4.79 Å². The summed E-state index contributed by atoms with van der Waals surface area (Å²) in [4.78, 5) is 15.4. The van der Waals surface area contributed by atoms with Crippen LogP contribution in [0.25, 0.3) is 11.5 Å². The van der Waals surface area contributed by atoms with E-state index in [-0.39, 0.29) is 6.61 Å². The van der Waals surface area contributed by atoms with E-state index in [0.29, 0.717) is 22.9 Å². The van der Waals surface area contributed by atoms with E-state index in [1.807, 2.05) is 30.3 Å². The summed E-state index contributed by atoms with van der Waals surface area (Å²) in [6, 6.07) is 16.3. The number of ether oxygens (including phenoxy) is 1. The number of oxazole rings is 1. The van der Waals surface area contributed by atoms with Gasteiger partial charge >= 0.3 is 0 Å². The molecule has 0 fully saturated rings. The van der Waals surface area contributed by atoms with Crippen molar-refractivity contribution in [2.45, 2.75) is 6.61 Å². The highest BCUT2D eigenvalue weighted by Gasteiger charge is 2.07. The van der Waals surface area contributed by atoms with Gasteiger partial charge in [0.05, 0.1) is 0 Å². The molecule has 1 aromatic heterocycles. The number of primary amides is 1. The van der Waals surface area contributed by atoms with Gasteiger partial charge in [0.25, 0.3) is 0 Å². The van der Waals surface area contributed by atoms with Crippen LogP contribution >= 0.6 is 0 Å². The zero-order chi connectivity index (χ0) is 15.4. The molecule has 0 unspecified atom stereocenters. The lowest BCUT2D eigenvalue weighted by Crippen LogP contribution is -2.10. The monoisotopic (exact) mass is 294 g/mol. The zero-order valence-electron chi connectivity index (χ0n) is 11.7. The van der Waals surface area contributed by atoms with Crippen LogP contribution < -0.4 is 10.5 Å². The van der Waals surface area contributed by atoms with Gasteiger partial charge in [0.1, 0.15) is 24.3 Å². The summed E-state index contributed by atoms with van der Waals surface area (Å²) in [6.45, 7) is 0.284. The molecule has 2 aromatic carbocycles. The average Bonchev–Trinajstić information content (AvgIpc) is 3.03. The Morgan fingerprint density at radius 2 is 1.82 bits per heavy atom. The van der Waals surface area contributed by atoms with Crippen LogP contribution in [0.1, 0.15) is 16.1 Å². The van der Waals surface area contributed by atoms with Crippen molar-refractivity contribution in [2.24, 2.45) is 5.73 Å². The number of aromatic nitrogens is 1. The van der Waals surface area contributed by atoms with Crippen molar-refractivity contribution in [3.63, 3.8) is 0 Å². The second kappa shape index (κ2) is 6.13. The van der Waals surface area contributed by atoms with Crippen LogP contribution in [0, 0.1) is 0 Å². The Kier molecular flexibility index (Phi) is 3.87. The van der Waals surface area contributed by atoms with Crippen molar-refractivity contribution in [3.8, 4) is 17.2 Å². The normalized spacial score (nSPS) is 10.4. The third-order valence-corrected chi connectivity index (χ3v) is 3.10. The molecule has 0 radical (unpaired) electrons. The van der Waals surface area contributed by atoms with Crippen LogP contribution in [-0.4, -0.2) is 10.9 Å². The first kappa shape index (κ1) is 13.9. The van der Waals surface area contributed by atoms with Crippen molar-refractivity contribution in [2.75, 3.05) is 0 Å². The van der Waals surface area contributed by atoms with Crippen LogP contribution in [0.15, 0.2) is 65.3 Å². The molecular weight excluding hydrogens is 280 g/mol. The molecule has 3 aromatic rings. The molecule has 3 rings (SSSR count). The molecule has 0 bridgehead atoms. The van der Waals surface area contributed by atoms with Gasteiger partial charge in [-0.05, 0) is 36.4 Å². The fourth-order valence-corrected chi connectivity index (χ4v) is 1.96. The first-order valence-electron chi connectivity index (χ1n) is 6.75. The molecule has 5 nitrogen and oxygen atoms in total. The summed E-state index contributed by atoms with van der Waals surface area (Å²) in [6.07, 6.45) is 1.57. The third-order valence-electron chi connectivity index (χ3n) is 3.10. The number of nitrogens with zero attached hydrogens (tertiary/aromatic N) is 1. The Balaban J connectivity index is 1.65. The van der Waals surface area contributed by atoms with Crippen molar-refractivity contribution in [3.05, 3.63) is 72.1 Å². The van der Waals surface area contributed by atoms with Crippen LogP contribution in [0.3, 0.4) is 0 Å². The lowest BCUT2D eigenvalue weighted by molar-refractivity contribution is 0.1000. The Labute approximate surface area is 127 Å². The Morgan fingerprint density at radius 1 is 1.09 bits per heavy atom. The molecule has 110 valence electrons. The fourth-order valence-electron chi connectivity index (χ4n) is 1.96. The fraction of sp³-hybridized carbons (Fsp3) is 0.0588. The smallest absolute Gasteiger partial charge is 0.248 e. The topological polar surface area (TPSA) is 78.4 Å². The first-order valence-corrected chi connectivity index (χ1v) is 6.75. The van der Waals surface area contributed by atoms with Gasteiger partial charge in [0.2, 0.25) is 11.8 Å². The number of carbonyl (C=O) groups is 1. The quantitative estimate of drug-likeness (QED) is 0.784. The van der Waals surface area contributed by atoms with E-state index in [0.717, 1.165) is 5.56 Å². The molecule has 0 saturated heterocycles. The van der Waals surface area contributed by atoms with Crippen LogP contribution in [0.4, 0.5) is 0 Å². The maximum atomic E-state index is 11.0. The standard InChI is InChI=1S/C17H14N2O3/c18-16(20)12-6-8-15(9-7-12)21-10-14-11-22-17(19-14)13-4-2-1-3-5-13/h1-9,11H,10H2,(H2,18,20). The summed E-state index contributed by atoms with van der Waals surface area (Å²) in [5, 5.41) is 0. The Hall–Kier alpha value is -3.08. The second-order valence-corrected chi connectivity index (χ2v) is 4.69. The molecule has 0 aliphatic rings. The van der Waals surface area contributed by atoms with E-state index < -0.39 is 5.91 Å². The predicted molar refractivity (Wildman–Crippen MR) is 81.2 cm³/mol. The highest BCUT2D eigenvalue weighted by Crippen LogP contribution is 2.19. The van der Waals surface area contributed by atoms with Crippen molar-refractivity contribution in [1.82, 2.24) is 4.98 Å². The molecule has 22 heavy (non-hydrogen) atoms. The first-order chi connectivity index (χ1) is 10.7. The van der Waals surface area contributed by atoms with Crippen molar-refractivity contribution in [1.29, 1.82) is 0 Å². The highest BCUT2D eigenvalue weighted by atomic mass is 16.5. The maximum Gasteiger partial charge on any atom is 0.248 e. The number of hydrogen-bond donors (Lipinski definition) is 1. The highest BCUT2D eigenvalue weighted by molar-refractivity contribution is 5.92. The lowest BCUT2D eigenvalue weighted by atomic mass is 10.2. The zero-order valence-corrected chi connectivity index (χ0v) is 11.7. The number of nitrogens with two attached hydrogens (primary N) is 1. The minimum atomic E-state index is -0.462. The summed E-state index contributed by atoms with van der Waals surface area (Å²) in [5.74, 6) is 0.730. The third kappa shape index (κ3) is 3.15. The van der Waals surface area contributed by atoms with Gasteiger partial charge in [-0.25, -0.2) is 4.98 Å². The number of benzene rings is 2. The van der Waals surface area contributed by atoms with Gasteiger partial charge in [0.15, 0.2) is 0 Å².